The number of rotatable bonds is 18. The Labute approximate surface area is 189 Å². The van der Waals surface area contributed by atoms with E-state index in [4.69, 9.17) is 4.74 Å². The Balaban J connectivity index is 1.95. The summed E-state index contributed by atoms with van der Waals surface area (Å²) in [4.78, 5) is 11.7. The van der Waals surface area contributed by atoms with Crippen LogP contribution in [-0.4, -0.2) is 22.8 Å². The molecule has 0 aliphatic rings. The van der Waals surface area contributed by atoms with E-state index in [-0.39, 0.29) is 17.5 Å². The number of phenolic OH excluding ortho intramolecular Hbond substituents is 2. The summed E-state index contributed by atoms with van der Waals surface area (Å²) >= 11 is 0. The quantitative estimate of drug-likeness (QED) is 0.108. The van der Waals surface area contributed by atoms with Gasteiger partial charge in [-0.15, -0.1) is 0 Å². The van der Waals surface area contributed by atoms with Crippen molar-refractivity contribution < 1.29 is 19.7 Å². The Kier molecular flexibility index (Phi) is 15.4. The molecule has 0 saturated heterocycles. The highest BCUT2D eigenvalue weighted by Gasteiger charge is 2.03. The molecular weight excluding hydrogens is 388 g/mol. The molecule has 0 aliphatic carbocycles. The van der Waals surface area contributed by atoms with E-state index in [9.17, 15) is 15.0 Å². The molecule has 0 aromatic heterocycles. The second-order valence-electron chi connectivity index (χ2n) is 8.82. The lowest BCUT2D eigenvalue weighted by molar-refractivity contribution is -0.137. The Morgan fingerprint density at radius 3 is 2.06 bits per heavy atom. The second kappa shape index (κ2) is 17.7. The molecule has 0 radical (unpaired) electrons. The third-order valence-electron chi connectivity index (χ3n) is 5.80. The summed E-state index contributed by atoms with van der Waals surface area (Å²) in [6.45, 7) is 5.07. The molecular formula is C27H44O4. The molecule has 0 spiro atoms. The van der Waals surface area contributed by atoms with E-state index in [1.54, 1.807) is 12.1 Å². The number of hydrogen-bond donors (Lipinski definition) is 2. The number of carbonyl (C=O) groups is 1. The van der Waals surface area contributed by atoms with E-state index in [1.807, 2.05) is 0 Å². The molecule has 0 aliphatic heterocycles. The van der Waals surface area contributed by atoms with Crippen molar-refractivity contribution >= 4 is 12.0 Å². The zero-order valence-electron chi connectivity index (χ0n) is 19.8. The third-order valence-corrected chi connectivity index (χ3v) is 5.80. The van der Waals surface area contributed by atoms with Crippen molar-refractivity contribution in [1.82, 2.24) is 0 Å². The van der Waals surface area contributed by atoms with Gasteiger partial charge in [0.2, 0.25) is 0 Å². The molecule has 1 aromatic carbocycles. The van der Waals surface area contributed by atoms with Crippen molar-refractivity contribution in [3.63, 3.8) is 0 Å². The lowest BCUT2D eigenvalue weighted by Gasteiger charge is -2.11. The first-order chi connectivity index (χ1) is 15.0. The van der Waals surface area contributed by atoms with E-state index in [0.29, 0.717) is 12.2 Å². The minimum absolute atomic E-state index is 0.179. The van der Waals surface area contributed by atoms with Gasteiger partial charge in [-0.25, -0.2) is 4.79 Å². The van der Waals surface area contributed by atoms with Gasteiger partial charge in [-0.05, 0) is 36.1 Å². The molecule has 1 atom stereocenters. The lowest BCUT2D eigenvalue weighted by Crippen LogP contribution is -2.02. The van der Waals surface area contributed by atoms with Gasteiger partial charge in [0.25, 0.3) is 0 Å². The first kappa shape index (κ1) is 27.1. The summed E-state index contributed by atoms with van der Waals surface area (Å²) < 4.78 is 5.22. The van der Waals surface area contributed by atoms with Crippen LogP contribution in [0.15, 0.2) is 24.3 Å². The van der Waals surface area contributed by atoms with Crippen LogP contribution < -0.4 is 0 Å². The number of carbonyl (C=O) groups excluding carboxylic acids is 1. The van der Waals surface area contributed by atoms with E-state index in [0.717, 1.165) is 18.8 Å². The number of hydrogen-bond acceptors (Lipinski definition) is 4. The molecule has 0 heterocycles. The van der Waals surface area contributed by atoms with Crippen molar-refractivity contribution in [3.05, 3.63) is 29.8 Å². The molecule has 1 rings (SSSR count). The monoisotopic (exact) mass is 432 g/mol. The molecule has 0 unspecified atom stereocenters. The molecule has 0 saturated carbocycles. The zero-order chi connectivity index (χ0) is 22.7. The van der Waals surface area contributed by atoms with Crippen LogP contribution in [0.2, 0.25) is 0 Å². The molecule has 0 amide bonds. The van der Waals surface area contributed by atoms with Crippen molar-refractivity contribution in [3.8, 4) is 11.5 Å². The van der Waals surface area contributed by atoms with E-state index in [1.165, 1.54) is 95.3 Å². The maximum Gasteiger partial charge on any atom is 0.330 e. The summed E-state index contributed by atoms with van der Waals surface area (Å²) in [7, 11) is 0. The van der Waals surface area contributed by atoms with Crippen molar-refractivity contribution in [2.75, 3.05) is 6.61 Å². The van der Waals surface area contributed by atoms with Crippen molar-refractivity contribution in [1.29, 1.82) is 0 Å². The summed E-state index contributed by atoms with van der Waals surface area (Å²) in [5.41, 5.74) is 0.633. The number of ether oxygens (including phenoxy) is 1. The molecule has 1 aromatic rings. The van der Waals surface area contributed by atoms with Crippen LogP contribution in [0.5, 0.6) is 11.5 Å². The van der Waals surface area contributed by atoms with Gasteiger partial charge in [0, 0.05) is 6.08 Å². The largest absolute Gasteiger partial charge is 0.504 e. The van der Waals surface area contributed by atoms with E-state index >= 15 is 0 Å². The van der Waals surface area contributed by atoms with E-state index < -0.39 is 0 Å². The SMILES string of the molecule is CCCCCCCCCCC[C@H](C)CCCCCOC(=O)/C=C/c1ccc(O)c(O)c1. The van der Waals surface area contributed by atoms with Crippen molar-refractivity contribution in [2.45, 2.75) is 104 Å². The molecule has 176 valence electrons. The van der Waals surface area contributed by atoms with Gasteiger partial charge in [-0.2, -0.15) is 0 Å². The number of benzene rings is 1. The van der Waals surface area contributed by atoms with Gasteiger partial charge in [0.1, 0.15) is 0 Å². The average Bonchev–Trinajstić information content (AvgIpc) is 2.75. The summed E-state index contributed by atoms with van der Waals surface area (Å²) in [5.74, 6) is 0.0211. The summed E-state index contributed by atoms with van der Waals surface area (Å²) in [6.07, 6.45) is 21.2. The minimum Gasteiger partial charge on any atom is -0.504 e. The standard InChI is InChI=1S/C27H44O4/c1-3-4-5-6-7-8-9-10-12-15-23(2)16-13-11-14-21-31-27(30)20-18-24-17-19-25(28)26(29)22-24/h17-20,22-23,28-29H,3-16,21H2,1-2H3/b20-18+/t23-/m0/s1. The summed E-state index contributed by atoms with van der Waals surface area (Å²) in [6, 6.07) is 4.40. The highest BCUT2D eigenvalue weighted by Crippen LogP contribution is 2.25. The van der Waals surface area contributed by atoms with Crippen LogP contribution in [-0.2, 0) is 9.53 Å². The van der Waals surface area contributed by atoms with Crippen LogP contribution in [0.25, 0.3) is 6.08 Å². The van der Waals surface area contributed by atoms with Crippen LogP contribution in [0.3, 0.4) is 0 Å². The van der Waals surface area contributed by atoms with Gasteiger partial charge in [0.05, 0.1) is 6.61 Å². The fourth-order valence-electron chi connectivity index (χ4n) is 3.75. The van der Waals surface area contributed by atoms with Crippen LogP contribution in [0, 0.1) is 5.92 Å². The van der Waals surface area contributed by atoms with Gasteiger partial charge >= 0.3 is 5.97 Å². The lowest BCUT2D eigenvalue weighted by atomic mass is 9.96. The molecule has 0 bridgehead atoms. The number of aromatic hydroxyl groups is 2. The Morgan fingerprint density at radius 1 is 0.871 bits per heavy atom. The fraction of sp³-hybridized carbons (Fsp3) is 0.667. The first-order valence-corrected chi connectivity index (χ1v) is 12.4. The van der Waals surface area contributed by atoms with Gasteiger partial charge in [-0.3, -0.25) is 0 Å². The third kappa shape index (κ3) is 14.6. The predicted molar refractivity (Wildman–Crippen MR) is 129 cm³/mol. The minimum atomic E-state index is -0.383. The second-order valence-corrected chi connectivity index (χ2v) is 8.82. The molecule has 4 heteroatoms. The summed E-state index contributed by atoms with van der Waals surface area (Å²) in [5, 5.41) is 18.7. The molecule has 31 heavy (non-hydrogen) atoms. The maximum atomic E-state index is 11.7. The predicted octanol–water partition coefficient (Wildman–Crippen LogP) is 7.77. The highest BCUT2D eigenvalue weighted by atomic mass is 16.5. The fourth-order valence-corrected chi connectivity index (χ4v) is 3.75. The normalized spacial score (nSPS) is 12.3. The molecule has 2 N–H and O–H groups in total. The number of phenols is 2. The first-order valence-electron chi connectivity index (χ1n) is 12.4. The Hall–Kier alpha value is -1.97. The number of esters is 1. The Bertz CT molecular complexity index is 624. The molecule has 4 nitrogen and oxygen atoms in total. The van der Waals surface area contributed by atoms with E-state index in [2.05, 4.69) is 13.8 Å². The van der Waals surface area contributed by atoms with Gasteiger partial charge in [0.15, 0.2) is 11.5 Å². The van der Waals surface area contributed by atoms with Crippen molar-refractivity contribution in [2.24, 2.45) is 5.92 Å². The zero-order valence-corrected chi connectivity index (χ0v) is 19.8. The van der Waals surface area contributed by atoms with Crippen LogP contribution in [0.4, 0.5) is 0 Å². The highest BCUT2D eigenvalue weighted by molar-refractivity contribution is 5.87. The van der Waals surface area contributed by atoms with Gasteiger partial charge in [-0.1, -0.05) is 103 Å². The topological polar surface area (TPSA) is 66.8 Å². The van der Waals surface area contributed by atoms with Crippen LogP contribution in [0.1, 0.15) is 109 Å². The average molecular weight is 433 g/mol. The number of unbranched alkanes of at least 4 members (excludes halogenated alkanes) is 10. The van der Waals surface area contributed by atoms with Gasteiger partial charge < -0.3 is 14.9 Å². The molecule has 0 fully saturated rings. The Morgan fingerprint density at radius 2 is 1.45 bits per heavy atom. The van der Waals surface area contributed by atoms with Crippen LogP contribution >= 0.6 is 0 Å². The maximum absolute atomic E-state index is 11.7. The smallest absolute Gasteiger partial charge is 0.330 e.